The number of amides is 1. The minimum atomic E-state index is -0.704. The topological polar surface area (TPSA) is 101 Å². The van der Waals surface area contributed by atoms with E-state index in [9.17, 15) is 4.79 Å². The predicted molar refractivity (Wildman–Crippen MR) is 60.9 cm³/mol. The summed E-state index contributed by atoms with van der Waals surface area (Å²) in [4.78, 5) is 10.8. The fourth-order valence-corrected chi connectivity index (χ4v) is 1.28. The number of hydrogen-bond acceptors (Lipinski definition) is 7. The van der Waals surface area contributed by atoms with E-state index < -0.39 is 6.09 Å². The third kappa shape index (κ3) is 7.41. The third-order valence-corrected chi connectivity index (χ3v) is 2.15. The first kappa shape index (κ1) is 15.1. The van der Waals surface area contributed by atoms with Gasteiger partial charge in [0.1, 0.15) is 12.7 Å². The molecule has 8 nitrogen and oxygen atoms in total. The summed E-state index contributed by atoms with van der Waals surface area (Å²) in [6.45, 7) is 3.30. The van der Waals surface area contributed by atoms with Crippen molar-refractivity contribution in [1.82, 2.24) is 5.43 Å². The lowest BCUT2D eigenvalue weighted by Crippen LogP contribution is -2.35. The maximum atomic E-state index is 10.8. The van der Waals surface area contributed by atoms with Gasteiger partial charge in [-0.2, -0.15) is 0 Å². The van der Waals surface area contributed by atoms with Gasteiger partial charge in [-0.3, -0.25) is 5.43 Å². The van der Waals surface area contributed by atoms with Crippen molar-refractivity contribution >= 4 is 6.09 Å². The summed E-state index contributed by atoms with van der Waals surface area (Å²) >= 11 is 0. The van der Waals surface area contributed by atoms with E-state index in [-0.39, 0.29) is 12.7 Å². The van der Waals surface area contributed by atoms with E-state index in [1.807, 2.05) is 5.43 Å². The number of carbonyl (C=O) groups is 1. The number of nitrogens with two attached hydrogens (primary N) is 1. The molecule has 3 N–H and O–H groups in total. The average molecular weight is 264 g/mol. The highest BCUT2D eigenvalue weighted by Crippen LogP contribution is 1.97. The fraction of sp³-hybridized carbons (Fsp3) is 0.900. The lowest BCUT2D eigenvalue weighted by Gasteiger charge is -2.19. The summed E-state index contributed by atoms with van der Waals surface area (Å²) in [5, 5.41) is 0. The minimum absolute atomic E-state index is 0.0733. The maximum absolute atomic E-state index is 10.8. The Balaban J connectivity index is 2.25. The fourth-order valence-electron chi connectivity index (χ4n) is 1.28. The summed E-state index contributed by atoms with van der Waals surface area (Å²) in [5.41, 5.74) is 1.87. The van der Waals surface area contributed by atoms with Crippen molar-refractivity contribution in [3.63, 3.8) is 0 Å². The van der Waals surface area contributed by atoms with Crippen molar-refractivity contribution in [2.45, 2.75) is 6.10 Å². The molecule has 0 aromatic rings. The zero-order valence-corrected chi connectivity index (χ0v) is 10.3. The van der Waals surface area contributed by atoms with Gasteiger partial charge in [0.15, 0.2) is 0 Å². The Morgan fingerprint density at radius 3 is 2.39 bits per heavy atom. The first-order valence-electron chi connectivity index (χ1n) is 5.81. The van der Waals surface area contributed by atoms with Crippen LogP contribution in [0, 0.1) is 0 Å². The molecule has 18 heavy (non-hydrogen) atoms. The molecule has 1 rings (SSSR count). The van der Waals surface area contributed by atoms with Crippen LogP contribution in [0.5, 0.6) is 0 Å². The standard InChI is InChI=1S/C10H20N2O6/c11-12-10(13)18-8-9-7-16-4-3-14-1-2-15-5-6-17-9/h9H,1-8,11H2,(H,12,13). The van der Waals surface area contributed by atoms with Gasteiger partial charge in [0.2, 0.25) is 0 Å². The smallest absolute Gasteiger partial charge is 0.421 e. The Bertz CT molecular complexity index is 216. The van der Waals surface area contributed by atoms with E-state index in [0.29, 0.717) is 46.2 Å². The Morgan fingerprint density at radius 1 is 1.11 bits per heavy atom. The first-order valence-corrected chi connectivity index (χ1v) is 5.81. The monoisotopic (exact) mass is 264 g/mol. The van der Waals surface area contributed by atoms with Crippen molar-refractivity contribution in [2.24, 2.45) is 5.84 Å². The Hall–Kier alpha value is -0.930. The van der Waals surface area contributed by atoms with Gasteiger partial charge in [-0.25, -0.2) is 10.6 Å². The number of carbonyl (C=O) groups excluding carboxylic acids is 1. The highest BCUT2D eigenvalue weighted by Gasteiger charge is 2.13. The molecule has 0 saturated carbocycles. The maximum Gasteiger partial charge on any atom is 0.421 e. The van der Waals surface area contributed by atoms with Gasteiger partial charge in [0.05, 0.1) is 46.2 Å². The van der Waals surface area contributed by atoms with Crippen LogP contribution in [0.3, 0.4) is 0 Å². The minimum Gasteiger partial charge on any atom is -0.446 e. The Kier molecular flexibility index (Phi) is 8.43. The molecule has 8 heteroatoms. The van der Waals surface area contributed by atoms with Crippen LogP contribution in [0.4, 0.5) is 4.79 Å². The van der Waals surface area contributed by atoms with Gasteiger partial charge in [0.25, 0.3) is 0 Å². The van der Waals surface area contributed by atoms with Crippen LogP contribution in [0.15, 0.2) is 0 Å². The van der Waals surface area contributed by atoms with Gasteiger partial charge in [-0.15, -0.1) is 0 Å². The quantitative estimate of drug-likeness (QED) is 0.376. The van der Waals surface area contributed by atoms with Crippen LogP contribution in [0.2, 0.25) is 0 Å². The first-order chi connectivity index (χ1) is 8.83. The highest BCUT2D eigenvalue weighted by atomic mass is 16.6. The third-order valence-electron chi connectivity index (χ3n) is 2.15. The number of nitrogens with one attached hydrogen (secondary N) is 1. The van der Waals surface area contributed by atoms with Gasteiger partial charge in [-0.05, 0) is 0 Å². The van der Waals surface area contributed by atoms with E-state index in [4.69, 9.17) is 29.5 Å². The van der Waals surface area contributed by atoms with Crippen molar-refractivity contribution < 1.29 is 28.5 Å². The Morgan fingerprint density at radius 2 is 1.72 bits per heavy atom. The molecule has 1 saturated heterocycles. The summed E-state index contributed by atoms with van der Waals surface area (Å²) in [6.07, 6.45) is -1.05. The van der Waals surface area contributed by atoms with E-state index in [1.165, 1.54) is 0 Å². The molecule has 0 spiro atoms. The Labute approximate surface area is 106 Å². The summed E-state index contributed by atoms with van der Waals surface area (Å²) < 4.78 is 26.2. The molecule has 0 radical (unpaired) electrons. The zero-order chi connectivity index (χ0) is 13.1. The summed E-state index contributed by atoms with van der Waals surface area (Å²) in [7, 11) is 0. The second-order valence-corrected chi connectivity index (χ2v) is 3.54. The molecule has 1 aliphatic heterocycles. The largest absolute Gasteiger partial charge is 0.446 e. The van der Waals surface area contributed by atoms with Crippen LogP contribution >= 0.6 is 0 Å². The molecule has 1 heterocycles. The molecule has 0 aromatic heterocycles. The molecular formula is C10H20N2O6. The highest BCUT2D eigenvalue weighted by molar-refractivity contribution is 5.66. The summed E-state index contributed by atoms with van der Waals surface area (Å²) in [5.74, 6) is 4.89. The van der Waals surface area contributed by atoms with E-state index in [1.54, 1.807) is 0 Å². The van der Waals surface area contributed by atoms with Crippen molar-refractivity contribution in [3.05, 3.63) is 0 Å². The lowest BCUT2D eigenvalue weighted by atomic mass is 10.4. The van der Waals surface area contributed by atoms with Crippen LogP contribution in [0.1, 0.15) is 0 Å². The second-order valence-electron chi connectivity index (χ2n) is 3.54. The predicted octanol–water partition coefficient (Wildman–Crippen LogP) is -0.965. The number of ether oxygens (including phenoxy) is 5. The second kappa shape index (κ2) is 10.0. The molecule has 0 aliphatic carbocycles. The van der Waals surface area contributed by atoms with Gasteiger partial charge >= 0.3 is 6.09 Å². The van der Waals surface area contributed by atoms with Crippen LogP contribution in [-0.2, 0) is 23.7 Å². The van der Waals surface area contributed by atoms with E-state index in [2.05, 4.69) is 0 Å². The molecule has 106 valence electrons. The summed E-state index contributed by atoms with van der Waals surface area (Å²) in [6, 6.07) is 0. The van der Waals surface area contributed by atoms with Crippen molar-refractivity contribution in [3.8, 4) is 0 Å². The van der Waals surface area contributed by atoms with E-state index >= 15 is 0 Å². The van der Waals surface area contributed by atoms with Gasteiger partial charge in [0, 0.05) is 0 Å². The molecule has 1 aliphatic rings. The molecule has 0 aromatic carbocycles. The van der Waals surface area contributed by atoms with Crippen molar-refractivity contribution in [2.75, 3.05) is 52.9 Å². The number of rotatable bonds is 2. The normalized spacial score (nSPS) is 23.5. The van der Waals surface area contributed by atoms with Crippen LogP contribution < -0.4 is 11.3 Å². The lowest BCUT2D eigenvalue weighted by molar-refractivity contribution is -0.0815. The van der Waals surface area contributed by atoms with Gasteiger partial charge in [-0.1, -0.05) is 0 Å². The van der Waals surface area contributed by atoms with Gasteiger partial charge < -0.3 is 23.7 Å². The molecular weight excluding hydrogens is 244 g/mol. The SMILES string of the molecule is NNC(=O)OCC1COCCOCCOCCO1. The molecule has 0 bridgehead atoms. The van der Waals surface area contributed by atoms with Crippen LogP contribution in [-0.4, -0.2) is 65.1 Å². The number of hydrazine groups is 1. The molecule has 1 unspecified atom stereocenters. The zero-order valence-electron chi connectivity index (χ0n) is 10.3. The van der Waals surface area contributed by atoms with Crippen molar-refractivity contribution in [1.29, 1.82) is 0 Å². The molecule has 1 amide bonds. The average Bonchev–Trinajstić information content (AvgIpc) is 2.37. The molecule has 1 atom stereocenters. The molecule has 1 fully saturated rings. The van der Waals surface area contributed by atoms with Crippen LogP contribution in [0.25, 0.3) is 0 Å². The number of hydrogen-bond donors (Lipinski definition) is 2. The van der Waals surface area contributed by atoms with E-state index in [0.717, 1.165) is 0 Å².